The third-order valence-electron chi connectivity index (χ3n) is 3.25. The van der Waals surface area contributed by atoms with Gasteiger partial charge in [-0.15, -0.1) is 10.2 Å². The molecule has 0 bridgehead atoms. The lowest BCUT2D eigenvalue weighted by Crippen LogP contribution is -1.99. The zero-order valence-corrected chi connectivity index (χ0v) is 14.8. The van der Waals surface area contributed by atoms with Crippen molar-refractivity contribution in [1.82, 2.24) is 10.2 Å². The van der Waals surface area contributed by atoms with Gasteiger partial charge in [-0.25, -0.2) is 12.8 Å². The lowest BCUT2D eigenvalue weighted by Gasteiger charge is -2.02. The largest absolute Gasteiger partial charge is 0.411 e. The number of aromatic nitrogens is 2. The Balaban J connectivity index is 1.92. The van der Waals surface area contributed by atoms with Crippen molar-refractivity contribution in [3.8, 4) is 11.5 Å². The van der Waals surface area contributed by atoms with E-state index in [-0.39, 0.29) is 26.6 Å². The quantitative estimate of drug-likeness (QED) is 0.477. The molecule has 0 atom stereocenters. The van der Waals surface area contributed by atoms with Gasteiger partial charge in [-0.3, -0.25) is 10.1 Å². The topological polar surface area (TPSA) is 116 Å². The fraction of sp³-hybridized carbons (Fsp3) is 0.0667. The summed E-state index contributed by atoms with van der Waals surface area (Å²) in [5, 5.41) is 18.9. The molecule has 26 heavy (non-hydrogen) atoms. The van der Waals surface area contributed by atoms with E-state index in [1.54, 1.807) is 0 Å². The van der Waals surface area contributed by atoms with E-state index >= 15 is 0 Å². The van der Waals surface area contributed by atoms with Crippen LogP contribution >= 0.6 is 11.8 Å². The molecule has 0 aliphatic rings. The van der Waals surface area contributed by atoms with E-state index in [0.29, 0.717) is 5.56 Å². The van der Waals surface area contributed by atoms with Gasteiger partial charge in [0.2, 0.25) is 5.89 Å². The van der Waals surface area contributed by atoms with Gasteiger partial charge in [0.25, 0.3) is 10.9 Å². The maximum atomic E-state index is 13.0. The SMILES string of the molecule is CS(=O)(=O)c1ccc(Sc2nnc(-c3ccc(F)cc3)o2)c([N+](=O)[O-])c1. The number of hydrogen-bond acceptors (Lipinski definition) is 8. The van der Waals surface area contributed by atoms with Gasteiger partial charge in [-0.1, -0.05) is 0 Å². The number of rotatable bonds is 5. The van der Waals surface area contributed by atoms with E-state index in [1.807, 2.05) is 0 Å². The Morgan fingerprint density at radius 2 is 1.85 bits per heavy atom. The second kappa shape index (κ2) is 6.84. The van der Waals surface area contributed by atoms with Crippen molar-refractivity contribution in [2.45, 2.75) is 15.0 Å². The number of sulfone groups is 1. The Bertz CT molecular complexity index is 1080. The predicted octanol–water partition coefficient (Wildman–Crippen LogP) is 3.34. The summed E-state index contributed by atoms with van der Waals surface area (Å²) >= 11 is 0.830. The molecule has 0 spiro atoms. The monoisotopic (exact) mass is 395 g/mol. The predicted molar refractivity (Wildman–Crippen MR) is 90.0 cm³/mol. The Hall–Kier alpha value is -2.79. The summed E-state index contributed by atoms with van der Waals surface area (Å²) in [6.07, 6.45) is 0.964. The zero-order chi connectivity index (χ0) is 18.9. The van der Waals surface area contributed by atoms with Gasteiger partial charge in [-0.2, -0.15) is 0 Å². The summed E-state index contributed by atoms with van der Waals surface area (Å²) in [4.78, 5) is 10.5. The van der Waals surface area contributed by atoms with Crippen molar-refractivity contribution in [3.05, 3.63) is 58.4 Å². The van der Waals surface area contributed by atoms with Crippen LogP contribution in [-0.2, 0) is 9.84 Å². The number of halogens is 1. The molecular weight excluding hydrogens is 385 g/mol. The molecule has 1 aromatic heterocycles. The van der Waals surface area contributed by atoms with Gasteiger partial charge in [0.15, 0.2) is 9.84 Å². The molecule has 0 aliphatic carbocycles. The minimum Gasteiger partial charge on any atom is -0.411 e. The second-order valence-corrected chi connectivity index (χ2v) is 8.15. The molecule has 0 amide bonds. The molecule has 0 unspecified atom stereocenters. The van der Waals surface area contributed by atoms with Gasteiger partial charge in [0.05, 0.1) is 14.7 Å². The van der Waals surface area contributed by atoms with Crippen molar-refractivity contribution in [2.75, 3.05) is 6.26 Å². The molecule has 0 saturated carbocycles. The highest BCUT2D eigenvalue weighted by Crippen LogP contribution is 2.36. The molecule has 8 nitrogen and oxygen atoms in total. The molecular formula is C15H10FN3O5S2. The van der Waals surface area contributed by atoms with E-state index in [4.69, 9.17) is 4.42 Å². The highest BCUT2D eigenvalue weighted by atomic mass is 32.2. The first-order valence-electron chi connectivity index (χ1n) is 7.00. The maximum absolute atomic E-state index is 13.0. The number of nitro groups is 1. The summed E-state index contributed by atoms with van der Waals surface area (Å²) in [5.74, 6) is -0.285. The van der Waals surface area contributed by atoms with Crippen molar-refractivity contribution >= 4 is 27.3 Å². The first-order chi connectivity index (χ1) is 12.2. The van der Waals surface area contributed by atoms with E-state index in [9.17, 15) is 22.9 Å². The van der Waals surface area contributed by atoms with E-state index in [1.165, 1.54) is 36.4 Å². The molecule has 3 rings (SSSR count). The average Bonchev–Trinajstić information content (AvgIpc) is 3.03. The van der Waals surface area contributed by atoms with E-state index < -0.39 is 20.6 Å². The smallest absolute Gasteiger partial charge is 0.284 e. The Morgan fingerprint density at radius 1 is 1.15 bits per heavy atom. The van der Waals surface area contributed by atoms with Gasteiger partial charge >= 0.3 is 0 Å². The van der Waals surface area contributed by atoms with Gasteiger partial charge in [-0.05, 0) is 48.2 Å². The molecule has 0 N–H and O–H groups in total. The minimum absolute atomic E-state index is 0.0273. The molecule has 134 valence electrons. The number of nitro benzene ring substituents is 1. The lowest BCUT2D eigenvalue weighted by molar-refractivity contribution is -0.388. The van der Waals surface area contributed by atoms with Crippen LogP contribution in [0.1, 0.15) is 0 Å². The van der Waals surface area contributed by atoms with E-state index in [0.717, 1.165) is 24.1 Å². The van der Waals surface area contributed by atoms with Crippen molar-refractivity contribution in [1.29, 1.82) is 0 Å². The van der Waals surface area contributed by atoms with E-state index in [2.05, 4.69) is 10.2 Å². The molecule has 11 heteroatoms. The third kappa shape index (κ3) is 3.89. The average molecular weight is 395 g/mol. The number of nitrogens with zero attached hydrogens (tertiary/aromatic N) is 3. The van der Waals surface area contributed by atoms with Crippen LogP contribution in [0, 0.1) is 15.9 Å². The van der Waals surface area contributed by atoms with Gasteiger partial charge < -0.3 is 4.42 Å². The summed E-state index contributed by atoms with van der Waals surface area (Å²) < 4.78 is 41.5. The highest BCUT2D eigenvalue weighted by molar-refractivity contribution is 7.99. The molecule has 1 heterocycles. The standard InChI is InChI=1S/C15H10FN3O5S2/c1-26(22,23)11-6-7-13(12(8-11)19(20)21)25-15-18-17-14(24-15)9-2-4-10(16)5-3-9/h2-8H,1H3. The summed E-state index contributed by atoms with van der Waals surface area (Å²) in [6.45, 7) is 0. The molecule has 0 fully saturated rings. The molecule has 0 saturated heterocycles. The van der Waals surface area contributed by atoms with Crippen molar-refractivity contribution in [3.63, 3.8) is 0 Å². The van der Waals surface area contributed by atoms with Crippen LogP contribution < -0.4 is 0 Å². The first kappa shape index (κ1) is 18.0. The van der Waals surface area contributed by atoms with Crippen molar-refractivity contribution in [2.24, 2.45) is 0 Å². The van der Waals surface area contributed by atoms with Crippen molar-refractivity contribution < 1.29 is 22.1 Å². The van der Waals surface area contributed by atoms with Crippen LogP contribution in [-0.4, -0.2) is 29.8 Å². The fourth-order valence-electron chi connectivity index (χ4n) is 2.01. The fourth-order valence-corrected chi connectivity index (χ4v) is 3.42. The van der Waals surface area contributed by atoms with Gasteiger partial charge in [0.1, 0.15) is 5.82 Å². The molecule has 2 aromatic carbocycles. The van der Waals surface area contributed by atoms with Gasteiger partial charge in [0, 0.05) is 17.9 Å². The Morgan fingerprint density at radius 3 is 2.46 bits per heavy atom. The Kier molecular flexibility index (Phi) is 4.74. The first-order valence-corrected chi connectivity index (χ1v) is 9.70. The third-order valence-corrected chi connectivity index (χ3v) is 5.27. The van der Waals surface area contributed by atoms with Crippen LogP contribution in [0.25, 0.3) is 11.5 Å². The molecule has 0 aliphatic heterocycles. The molecule has 3 aromatic rings. The van der Waals surface area contributed by atoms with Crippen LogP contribution in [0.4, 0.5) is 10.1 Å². The van der Waals surface area contributed by atoms with Crippen LogP contribution in [0.15, 0.2) is 61.9 Å². The normalized spacial score (nSPS) is 11.5. The minimum atomic E-state index is -3.58. The number of benzene rings is 2. The Labute approximate surface area is 151 Å². The lowest BCUT2D eigenvalue weighted by atomic mass is 10.2. The van der Waals surface area contributed by atoms with Crippen LogP contribution in [0.5, 0.6) is 0 Å². The highest BCUT2D eigenvalue weighted by Gasteiger charge is 2.21. The second-order valence-electron chi connectivity index (χ2n) is 5.14. The molecule has 0 radical (unpaired) electrons. The summed E-state index contributed by atoms with van der Waals surface area (Å²) in [7, 11) is -3.58. The summed E-state index contributed by atoms with van der Waals surface area (Å²) in [5.41, 5.74) is 0.104. The maximum Gasteiger partial charge on any atom is 0.284 e. The van der Waals surface area contributed by atoms with Crippen LogP contribution in [0.3, 0.4) is 0 Å². The van der Waals surface area contributed by atoms with Crippen LogP contribution in [0.2, 0.25) is 0 Å². The summed E-state index contributed by atoms with van der Waals surface area (Å²) in [6, 6.07) is 8.95. The zero-order valence-electron chi connectivity index (χ0n) is 13.1. The number of hydrogen-bond donors (Lipinski definition) is 0.